The van der Waals surface area contributed by atoms with Crippen molar-refractivity contribution < 1.29 is 28.7 Å². The highest BCUT2D eigenvalue weighted by molar-refractivity contribution is 5.83. The second-order valence-corrected chi connectivity index (χ2v) is 6.98. The minimum Gasteiger partial charge on any atom is -0.465 e. The van der Waals surface area contributed by atoms with E-state index >= 15 is 0 Å². The molecule has 0 spiro atoms. The van der Waals surface area contributed by atoms with Gasteiger partial charge in [0.2, 0.25) is 0 Å². The number of cyclic esters (lactones) is 2. The Morgan fingerprint density at radius 2 is 1.48 bits per heavy atom. The summed E-state index contributed by atoms with van der Waals surface area (Å²) in [6.45, 7) is 2.62. The number of carbonyl (C=O) groups is 4. The Morgan fingerprint density at radius 1 is 0.960 bits per heavy atom. The van der Waals surface area contributed by atoms with E-state index < -0.39 is 11.8 Å². The first-order valence-electron chi connectivity index (χ1n) is 9.39. The fourth-order valence-corrected chi connectivity index (χ4v) is 3.77. The number of Topliss-reactive ketones (excluding diaryl/α,β-unsaturated/α-hetero) is 2. The maximum atomic E-state index is 12.4. The zero-order valence-electron chi connectivity index (χ0n) is 15.0. The molecule has 140 valence electrons. The van der Waals surface area contributed by atoms with E-state index in [2.05, 4.69) is 0 Å². The summed E-state index contributed by atoms with van der Waals surface area (Å²) in [7, 11) is 0. The van der Waals surface area contributed by atoms with E-state index in [-0.39, 0.29) is 35.8 Å². The number of hydrogen-bond donors (Lipinski definition) is 0. The summed E-state index contributed by atoms with van der Waals surface area (Å²) < 4.78 is 10.3. The molecule has 0 N–H and O–H groups in total. The van der Waals surface area contributed by atoms with Crippen LogP contribution in [0.3, 0.4) is 0 Å². The standard InChI is InChI=1S/C19H28O6/c1-2-13(20)6-3-7-14(21)12-17(15-8-4-10-24-18(15)22)16-9-5-11-25-19(16)23/h15-17H,2-12H2,1H3. The van der Waals surface area contributed by atoms with E-state index in [1.54, 1.807) is 0 Å². The van der Waals surface area contributed by atoms with Crippen LogP contribution < -0.4 is 0 Å². The zero-order valence-corrected chi connectivity index (χ0v) is 15.0. The van der Waals surface area contributed by atoms with Crippen LogP contribution in [0.5, 0.6) is 0 Å². The Balaban J connectivity index is 2.00. The van der Waals surface area contributed by atoms with Crippen LogP contribution in [0.15, 0.2) is 0 Å². The van der Waals surface area contributed by atoms with E-state index in [1.807, 2.05) is 6.92 Å². The predicted octanol–water partition coefficient (Wildman–Crippen LogP) is 2.62. The average molecular weight is 352 g/mol. The monoisotopic (exact) mass is 352 g/mol. The van der Waals surface area contributed by atoms with E-state index in [4.69, 9.17) is 9.47 Å². The Bertz CT molecular complexity index is 484. The molecule has 2 aliphatic heterocycles. The zero-order chi connectivity index (χ0) is 18.2. The van der Waals surface area contributed by atoms with E-state index in [9.17, 15) is 19.2 Å². The third-order valence-corrected chi connectivity index (χ3v) is 5.22. The summed E-state index contributed by atoms with van der Waals surface area (Å²) in [4.78, 5) is 48.1. The molecule has 2 heterocycles. The molecule has 2 aliphatic rings. The van der Waals surface area contributed by atoms with Crippen molar-refractivity contribution in [3.63, 3.8) is 0 Å². The summed E-state index contributed by atoms with van der Waals surface area (Å²) in [6, 6.07) is 0. The second kappa shape index (κ2) is 9.68. The molecule has 25 heavy (non-hydrogen) atoms. The molecular weight excluding hydrogens is 324 g/mol. The highest BCUT2D eigenvalue weighted by Gasteiger charge is 2.42. The number of carbonyl (C=O) groups excluding carboxylic acids is 4. The molecule has 0 radical (unpaired) electrons. The lowest BCUT2D eigenvalue weighted by Gasteiger charge is -2.34. The minimum atomic E-state index is -0.411. The van der Waals surface area contributed by atoms with Gasteiger partial charge in [0.25, 0.3) is 0 Å². The van der Waals surface area contributed by atoms with Gasteiger partial charge in [-0.1, -0.05) is 6.92 Å². The fourth-order valence-electron chi connectivity index (χ4n) is 3.77. The number of esters is 2. The van der Waals surface area contributed by atoms with Crippen LogP contribution in [-0.4, -0.2) is 36.7 Å². The summed E-state index contributed by atoms with van der Waals surface area (Å²) in [5, 5.41) is 0. The summed E-state index contributed by atoms with van der Waals surface area (Å²) in [6.07, 6.45) is 4.72. The topological polar surface area (TPSA) is 86.7 Å². The first kappa shape index (κ1) is 19.6. The highest BCUT2D eigenvalue weighted by Crippen LogP contribution is 2.36. The number of rotatable bonds is 9. The molecule has 0 aromatic heterocycles. The van der Waals surface area contributed by atoms with Gasteiger partial charge in [-0.2, -0.15) is 0 Å². The Hall–Kier alpha value is -1.72. The van der Waals surface area contributed by atoms with E-state index in [1.165, 1.54) is 0 Å². The van der Waals surface area contributed by atoms with Crippen molar-refractivity contribution in [2.75, 3.05) is 13.2 Å². The molecule has 2 unspecified atom stereocenters. The fraction of sp³-hybridized carbons (Fsp3) is 0.789. The molecule has 0 aromatic carbocycles. The maximum absolute atomic E-state index is 12.4. The van der Waals surface area contributed by atoms with Crippen LogP contribution in [0.1, 0.15) is 64.7 Å². The lowest BCUT2D eigenvalue weighted by molar-refractivity contribution is -0.163. The normalized spacial score (nSPS) is 25.0. The van der Waals surface area contributed by atoms with Crippen LogP contribution >= 0.6 is 0 Å². The van der Waals surface area contributed by atoms with E-state index in [0.717, 1.165) is 12.8 Å². The SMILES string of the molecule is CCC(=O)CCCC(=O)CC(C1CCCOC1=O)C1CCCOC1=O. The van der Waals surface area contributed by atoms with Crippen molar-refractivity contribution in [3.05, 3.63) is 0 Å². The quantitative estimate of drug-likeness (QED) is 0.593. The van der Waals surface area contributed by atoms with Crippen LogP contribution in [0.2, 0.25) is 0 Å². The van der Waals surface area contributed by atoms with Crippen molar-refractivity contribution >= 4 is 23.5 Å². The van der Waals surface area contributed by atoms with Gasteiger partial charge in [-0.15, -0.1) is 0 Å². The van der Waals surface area contributed by atoms with Gasteiger partial charge in [-0.05, 0) is 38.0 Å². The number of ketones is 2. The smallest absolute Gasteiger partial charge is 0.309 e. The van der Waals surface area contributed by atoms with Gasteiger partial charge in [-0.3, -0.25) is 19.2 Å². The van der Waals surface area contributed by atoms with Crippen LogP contribution in [0.4, 0.5) is 0 Å². The molecule has 0 bridgehead atoms. The molecule has 6 heteroatoms. The average Bonchev–Trinajstić information content (AvgIpc) is 2.61. The predicted molar refractivity (Wildman–Crippen MR) is 89.6 cm³/mol. The summed E-state index contributed by atoms with van der Waals surface area (Å²) in [5.41, 5.74) is 0. The van der Waals surface area contributed by atoms with Gasteiger partial charge in [0.05, 0.1) is 25.0 Å². The lowest BCUT2D eigenvalue weighted by atomic mass is 9.73. The second-order valence-electron chi connectivity index (χ2n) is 6.98. The minimum absolute atomic E-state index is 0.00523. The van der Waals surface area contributed by atoms with Gasteiger partial charge >= 0.3 is 11.9 Å². The van der Waals surface area contributed by atoms with E-state index in [0.29, 0.717) is 51.7 Å². The molecule has 6 nitrogen and oxygen atoms in total. The Labute approximate surface area is 148 Å². The van der Waals surface area contributed by atoms with Crippen molar-refractivity contribution in [3.8, 4) is 0 Å². The molecule has 2 saturated heterocycles. The maximum Gasteiger partial charge on any atom is 0.309 e. The van der Waals surface area contributed by atoms with Crippen LogP contribution in [0, 0.1) is 17.8 Å². The Morgan fingerprint density at radius 3 is 1.96 bits per heavy atom. The first-order chi connectivity index (χ1) is 12.0. The third-order valence-electron chi connectivity index (χ3n) is 5.22. The summed E-state index contributed by atoms with van der Waals surface area (Å²) >= 11 is 0. The molecular formula is C19H28O6. The van der Waals surface area contributed by atoms with Gasteiger partial charge in [0, 0.05) is 25.7 Å². The molecule has 2 atom stereocenters. The summed E-state index contributed by atoms with van der Waals surface area (Å²) in [5.74, 6) is -1.62. The lowest BCUT2D eigenvalue weighted by Crippen LogP contribution is -2.40. The van der Waals surface area contributed by atoms with Gasteiger partial charge in [-0.25, -0.2) is 0 Å². The van der Waals surface area contributed by atoms with Gasteiger partial charge < -0.3 is 9.47 Å². The van der Waals surface area contributed by atoms with Gasteiger partial charge in [0.1, 0.15) is 11.6 Å². The van der Waals surface area contributed by atoms with Crippen molar-refractivity contribution in [1.29, 1.82) is 0 Å². The number of ether oxygens (including phenoxy) is 2. The first-order valence-corrected chi connectivity index (χ1v) is 9.39. The van der Waals surface area contributed by atoms with Crippen molar-refractivity contribution in [1.82, 2.24) is 0 Å². The van der Waals surface area contributed by atoms with Crippen molar-refractivity contribution in [2.45, 2.75) is 64.7 Å². The molecule has 0 aliphatic carbocycles. The van der Waals surface area contributed by atoms with Crippen molar-refractivity contribution in [2.24, 2.45) is 17.8 Å². The Kier molecular flexibility index (Phi) is 7.59. The highest BCUT2D eigenvalue weighted by atomic mass is 16.5. The molecule has 0 amide bonds. The van der Waals surface area contributed by atoms with Crippen LogP contribution in [-0.2, 0) is 28.7 Å². The molecule has 2 fully saturated rings. The van der Waals surface area contributed by atoms with Crippen LogP contribution in [0.25, 0.3) is 0 Å². The largest absolute Gasteiger partial charge is 0.465 e. The third kappa shape index (κ3) is 5.65. The number of hydrogen-bond acceptors (Lipinski definition) is 6. The molecule has 0 saturated carbocycles. The molecule has 0 aromatic rings. The van der Waals surface area contributed by atoms with Gasteiger partial charge in [0.15, 0.2) is 0 Å². The molecule has 2 rings (SSSR count).